The van der Waals surface area contributed by atoms with Crippen molar-refractivity contribution in [3.63, 3.8) is 0 Å². The van der Waals surface area contributed by atoms with E-state index in [-0.39, 0.29) is 4.64 Å². The van der Waals surface area contributed by atoms with Gasteiger partial charge in [0.05, 0.1) is 0 Å². The first-order chi connectivity index (χ1) is 16.4. The molecule has 1 fully saturated rings. The topological polar surface area (TPSA) is 12.0 Å². The molecule has 1 heterocycles. The minimum absolute atomic E-state index is 0.189. The second kappa shape index (κ2) is 11.6. The van der Waals surface area contributed by atoms with Crippen molar-refractivity contribution >= 4 is 20.9 Å². The molecule has 1 unspecified atom stereocenters. The Morgan fingerprint density at radius 1 is 0.857 bits per heavy atom. The quantitative estimate of drug-likeness (QED) is 0.175. The van der Waals surface area contributed by atoms with E-state index in [1.165, 1.54) is 39.2 Å². The zero-order chi connectivity index (χ0) is 26.1. The molecule has 0 aliphatic carbocycles. The van der Waals surface area contributed by atoms with Gasteiger partial charge >= 0.3 is 226 Å². The van der Waals surface area contributed by atoms with Gasteiger partial charge in [-0.05, 0) is 0 Å². The van der Waals surface area contributed by atoms with Crippen molar-refractivity contribution in [2.75, 3.05) is 13.1 Å². The SMILES string of the molecule is C=C(C)[CH2][Pd]([Cl])[CH]1NCC[N+]1(c1c(C(C)C)cccc1C(C)C)c1c(C(C)C)cccc1C(C)C. The molecule has 0 bridgehead atoms. The Morgan fingerprint density at radius 3 is 1.54 bits per heavy atom. The van der Waals surface area contributed by atoms with E-state index in [4.69, 9.17) is 9.53 Å². The summed E-state index contributed by atoms with van der Waals surface area (Å²) in [6.07, 6.45) is 0. The van der Waals surface area contributed by atoms with Crippen LogP contribution >= 0.6 is 9.53 Å². The fourth-order valence-electron chi connectivity index (χ4n) is 5.57. The van der Waals surface area contributed by atoms with Gasteiger partial charge in [0.25, 0.3) is 0 Å². The number of hydrogen-bond acceptors (Lipinski definition) is 1. The molecule has 3 rings (SSSR count). The monoisotopic (exact) mass is 588 g/mol. The van der Waals surface area contributed by atoms with Crippen LogP contribution in [0.25, 0.3) is 0 Å². The van der Waals surface area contributed by atoms with Crippen LogP contribution < -0.4 is 9.80 Å². The van der Waals surface area contributed by atoms with Gasteiger partial charge < -0.3 is 0 Å². The van der Waals surface area contributed by atoms with Gasteiger partial charge in [0.1, 0.15) is 0 Å². The van der Waals surface area contributed by atoms with Crippen molar-refractivity contribution in [2.24, 2.45) is 0 Å². The fourth-order valence-corrected chi connectivity index (χ4v) is 10.4. The third-order valence-corrected chi connectivity index (χ3v) is 11.8. The second-order valence-electron chi connectivity index (χ2n) is 11.4. The zero-order valence-electron chi connectivity index (χ0n) is 23.3. The molecule has 197 valence electrons. The summed E-state index contributed by atoms with van der Waals surface area (Å²) in [6.45, 7) is 27.1. The van der Waals surface area contributed by atoms with Crippen LogP contribution in [0.15, 0.2) is 48.6 Å². The van der Waals surface area contributed by atoms with Gasteiger partial charge in [0.2, 0.25) is 0 Å². The van der Waals surface area contributed by atoms with Crippen molar-refractivity contribution in [3.8, 4) is 0 Å². The molecule has 35 heavy (non-hydrogen) atoms. The summed E-state index contributed by atoms with van der Waals surface area (Å²) in [4.78, 5) is 0.923. The standard InChI is InChI=1S/C27H40N2.C4H7.ClH.Pd/c1-18(2)22-11-9-12-23(19(3)4)26(22)29(16-15-28-17-29)27-24(20(5)6)13-10-14-25(27)21(7)8;1-4(2)3;;/h9-14,17-21,28H,15-16H2,1-8H3;1-2H2,3H3;1H;/q+1;;;+1/p-1. The Bertz CT molecular complexity index is 924. The van der Waals surface area contributed by atoms with E-state index in [9.17, 15) is 0 Å². The molecule has 2 aromatic rings. The van der Waals surface area contributed by atoms with E-state index in [0.29, 0.717) is 23.7 Å². The number of quaternary nitrogens is 1. The first-order valence-corrected chi connectivity index (χ1v) is 17.2. The van der Waals surface area contributed by atoms with E-state index in [0.717, 1.165) is 22.5 Å². The number of para-hydroxylation sites is 2. The van der Waals surface area contributed by atoms with Crippen LogP contribution in [0.2, 0.25) is 4.89 Å². The molecule has 0 spiro atoms. The van der Waals surface area contributed by atoms with Gasteiger partial charge in [-0.2, -0.15) is 0 Å². The summed E-state index contributed by atoms with van der Waals surface area (Å²) in [5.74, 6) is 1.73. The van der Waals surface area contributed by atoms with Gasteiger partial charge in [0.15, 0.2) is 0 Å². The van der Waals surface area contributed by atoms with Crippen molar-refractivity contribution in [3.05, 3.63) is 70.8 Å². The van der Waals surface area contributed by atoms with E-state index < -0.39 is 15.7 Å². The molecule has 1 aliphatic rings. The third-order valence-electron chi connectivity index (χ3n) is 7.09. The molecule has 1 N–H and O–H groups in total. The minimum atomic E-state index is -1.48. The summed E-state index contributed by atoms with van der Waals surface area (Å²) in [7, 11) is 7.47. The van der Waals surface area contributed by atoms with Crippen LogP contribution in [0.3, 0.4) is 0 Å². The molecule has 0 amide bonds. The second-order valence-corrected chi connectivity index (χ2v) is 16.0. The van der Waals surface area contributed by atoms with Gasteiger partial charge in [0, 0.05) is 0 Å². The Hall–Kier alpha value is -0.948. The normalized spacial score (nSPS) is 18.2. The maximum atomic E-state index is 7.47. The van der Waals surface area contributed by atoms with Gasteiger partial charge in [-0.25, -0.2) is 0 Å². The van der Waals surface area contributed by atoms with E-state index in [2.05, 4.69) is 111 Å². The number of nitrogens with one attached hydrogen (secondary N) is 1. The predicted octanol–water partition coefficient (Wildman–Crippen LogP) is 9.47. The molecule has 2 nitrogen and oxygen atoms in total. The Kier molecular flexibility index (Phi) is 9.50. The summed E-state index contributed by atoms with van der Waals surface area (Å²) >= 11 is -1.48. The molecule has 0 radical (unpaired) electrons. The van der Waals surface area contributed by atoms with Crippen LogP contribution in [0, 0.1) is 0 Å². The van der Waals surface area contributed by atoms with Crippen LogP contribution in [0.4, 0.5) is 11.4 Å². The molecule has 1 saturated heterocycles. The number of rotatable bonds is 9. The molecular weight excluding hydrogens is 542 g/mol. The van der Waals surface area contributed by atoms with Crippen LogP contribution in [0.1, 0.15) is 108 Å². The van der Waals surface area contributed by atoms with E-state index in [1.807, 2.05) is 0 Å². The maximum absolute atomic E-state index is 7.47. The third kappa shape index (κ3) is 5.51. The number of hydrogen-bond donors (Lipinski definition) is 1. The van der Waals surface area contributed by atoms with Crippen molar-refractivity contribution in [2.45, 2.75) is 95.5 Å². The molecule has 1 atom stereocenters. The number of nitrogens with zero attached hydrogens (tertiary/aromatic N) is 1. The zero-order valence-corrected chi connectivity index (χ0v) is 25.6. The fraction of sp³-hybridized carbons (Fsp3) is 0.548. The van der Waals surface area contributed by atoms with Crippen LogP contribution in [0.5, 0.6) is 0 Å². The summed E-state index contributed by atoms with van der Waals surface area (Å²) < 4.78 is 1.02. The molecule has 2 aromatic carbocycles. The summed E-state index contributed by atoms with van der Waals surface area (Å²) in [5.41, 5.74) is 10.0. The molecule has 0 aromatic heterocycles. The van der Waals surface area contributed by atoms with E-state index in [1.54, 1.807) is 0 Å². The Morgan fingerprint density at radius 2 is 1.23 bits per heavy atom. The predicted molar refractivity (Wildman–Crippen MR) is 153 cm³/mol. The first-order valence-electron chi connectivity index (χ1n) is 13.2. The van der Waals surface area contributed by atoms with Crippen LogP contribution in [-0.2, 0) is 15.7 Å². The summed E-state index contributed by atoms with van der Waals surface area (Å²) in [5, 5.41) is 3.97. The van der Waals surface area contributed by atoms with Crippen LogP contribution in [-0.4, -0.2) is 17.7 Å². The Labute approximate surface area is 225 Å². The van der Waals surface area contributed by atoms with Gasteiger partial charge in [-0.1, -0.05) is 0 Å². The average molecular weight is 590 g/mol. The summed E-state index contributed by atoms with van der Waals surface area (Å²) in [6, 6.07) is 14.0. The number of allylic oxidation sites excluding steroid dienone is 1. The molecular formula is C31H47ClN2Pd+. The van der Waals surface area contributed by atoms with Gasteiger partial charge in [-0.15, -0.1) is 0 Å². The first kappa shape index (κ1) is 28.6. The van der Waals surface area contributed by atoms with E-state index >= 15 is 0 Å². The van der Waals surface area contributed by atoms with Crippen molar-refractivity contribution in [1.82, 2.24) is 9.80 Å². The number of halogens is 1. The van der Waals surface area contributed by atoms with Crippen molar-refractivity contribution < 1.29 is 15.7 Å². The molecule has 1 aliphatic heterocycles. The number of benzene rings is 2. The van der Waals surface area contributed by atoms with Crippen molar-refractivity contribution in [1.29, 1.82) is 0 Å². The molecule has 0 saturated carbocycles. The van der Waals surface area contributed by atoms with Gasteiger partial charge in [-0.3, -0.25) is 0 Å². The Balaban J connectivity index is 2.55. The average Bonchev–Trinajstić information content (AvgIpc) is 3.23. The molecule has 4 heteroatoms.